The number of rotatable bonds is 6. The van der Waals surface area contributed by atoms with Crippen LogP contribution in [0.5, 0.6) is 0 Å². The standard InChI is InChI=1S/C23H21N3OS/c1-17-12-14-20(15-13-17)24-23(28)26-25-21(18-8-4-2-5-9-18)16-22(27)19-10-6-3-7-11-19/h2-15H,16H2,1H3,(H2,24,26,28). The third kappa shape index (κ3) is 5.59. The Morgan fingerprint density at radius 3 is 2.04 bits per heavy atom. The largest absolute Gasteiger partial charge is 0.331 e. The van der Waals surface area contributed by atoms with Crippen molar-refractivity contribution >= 4 is 34.5 Å². The van der Waals surface area contributed by atoms with Crippen LogP contribution in [-0.4, -0.2) is 16.6 Å². The molecule has 0 atom stereocenters. The van der Waals surface area contributed by atoms with E-state index in [1.54, 1.807) is 0 Å². The van der Waals surface area contributed by atoms with E-state index in [2.05, 4.69) is 15.8 Å². The summed E-state index contributed by atoms with van der Waals surface area (Å²) >= 11 is 5.33. The third-order valence-electron chi connectivity index (χ3n) is 4.13. The van der Waals surface area contributed by atoms with Crippen molar-refractivity contribution in [3.05, 3.63) is 102 Å². The minimum Gasteiger partial charge on any atom is -0.331 e. The summed E-state index contributed by atoms with van der Waals surface area (Å²) in [6.45, 7) is 2.03. The molecular weight excluding hydrogens is 366 g/mol. The van der Waals surface area contributed by atoms with Gasteiger partial charge in [-0.3, -0.25) is 10.2 Å². The van der Waals surface area contributed by atoms with E-state index in [-0.39, 0.29) is 12.2 Å². The van der Waals surface area contributed by atoms with Crippen LogP contribution in [0, 0.1) is 6.92 Å². The lowest BCUT2D eigenvalue weighted by atomic mass is 10.0. The van der Waals surface area contributed by atoms with Gasteiger partial charge in [0.2, 0.25) is 0 Å². The fraction of sp³-hybridized carbons (Fsp3) is 0.0870. The Morgan fingerprint density at radius 1 is 0.857 bits per heavy atom. The van der Waals surface area contributed by atoms with E-state index in [1.807, 2.05) is 91.9 Å². The fourth-order valence-electron chi connectivity index (χ4n) is 2.63. The van der Waals surface area contributed by atoms with Gasteiger partial charge >= 0.3 is 0 Å². The molecule has 0 aliphatic rings. The number of nitrogens with zero attached hydrogens (tertiary/aromatic N) is 1. The second-order valence-electron chi connectivity index (χ2n) is 6.32. The number of Topliss-reactive ketones (excluding diaryl/α,β-unsaturated/α-hetero) is 1. The normalized spacial score (nSPS) is 11.0. The van der Waals surface area contributed by atoms with Crippen LogP contribution < -0.4 is 10.7 Å². The summed E-state index contributed by atoms with van der Waals surface area (Å²) in [4.78, 5) is 12.6. The molecule has 0 fully saturated rings. The zero-order valence-electron chi connectivity index (χ0n) is 15.6. The number of hydrazone groups is 1. The minimum atomic E-state index is 0.00224. The van der Waals surface area contributed by atoms with E-state index < -0.39 is 0 Å². The van der Waals surface area contributed by atoms with E-state index in [0.29, 0.717) is 16.4 Å². The first-order chi connectivity index (χ1) is 13.6. The molecule has 0 saturated carbocycles. The molecule has 0 heterocycles. The lowest BCUT2D eigenvalue weighted by Gasteiger charge is -2.10. The van der Waals surface area contributed by atoms with Gasteiger partial charge in [0.1, 0.15) is 0 Å². The van der Waals surface area contributed by atoms with Crippen LogP contribution in [0.15, 0.2) is 90.0 Å². The summed E-state index contributed by atoms with van der Waals surface area (Å²) in [5.41, 5.74) is 7.07. The number of nitrogens with one attached hydrogen (secondary N) is 2. The molecule has 0 spiro atoms. The van der Waals surface area contributed by atoms with Crippen molar-refractivity contribution in [2.75, 3.05) is 5.32 Å². The van der Waals surface area contributed by atoms with Gasteiger partial charge in [-0.05, 0) is 36.8 Å². The molecule has 0 aromatic heterocycles. The van der Waals surface area contributed by atoms with Crippen molar-refractivity contribution < 1.29 is 4.79 Å². The van der Waals surface area contributed by atoms with Crippen LogP contribution in [-0.2, 0) is 0 Å². The SMILES string of the molecule is Cc1ccc(NC(=S)NN=C(CC(=O)c2ccccc2)c2ccccc2)cc1. The Kier molecular flexibility index (Phi) is 6.65. The van der Waals surface area contributed by atoms with Crippen LogP contribution in [0.2, 0.25) is 0 Å². The first-order valence-corrected chi connectivity index (χ1v) is 9.36. The Labute approximate surface area is 170 Å². The van der Waals surface area contributed by atoms with Gasteiger partial charge in [0.05, 0.1) is 12.1 Å². The molecular formula is C23H21N3OS. The van der Waals surface area contributed by atoms with Gasteiger partial charge in [0.25, 0.3) is 0 Å². The molecule has 28 heavy (non-hydrogen) atoms. The van der Waals surface area contributed by atoms with E-state index >= 15 is 0 Å². The monoisotopic (exact) mass is 387 g/mol. The van der Waals surface area contributed by atoms with Crippen molar-refractivity contribution in [3.8, 4) is 0 Å². The highest BCUT2D eigenvalue weighted by Crippen LogP contribution is 2.11. The highest BCUT2D eigenvalue weighted by molar-refractivity contribution is 7.80. The van der Waals surface area contributed by atoms with Crippen LogP contribution in [0.1, 0.15) is 27.9 Å². The quantitative estimate of drug-likeness (QED) is 0.272. The Morgan fingerprint density at radius 2 is 1.43 bits per heavy atom. The average Bonchev–Trinajstić information content (AvgIpc) is 2.74. The molecule has 0 unspecified atom stereocenters. The van der Waals surface area contributed by atoms with Crippen molar-refractivity contribution in [2.24, 2.45) is 5.10 Å². The average molecular weight is 388 g/mol. The predicted molar refractivity (Wildman–Crippen MR) is 119 cm³/mol. The first-order valence-electron chi connectivity index (χ1n) is 8.96. The molecule has 0 amide bonds. The second kappa shape index (κ2) is 9.58. The molecule has 3 aromatic rings. The van der Waals surface area contributed by atoms with E-state index in [4.69, 9.17) is 12.2 Å². The number of thiocarbonyl (C=S) groups is 1. The lowest BCUT2D eigenvalue weighted by Crippen LogP contribution is -2.26. The number of ketones is 1. The van der Waals surface area contributed by atoms with Crippen molar-refractivity contribution in [3.63, 3.8) is 0 Å². The molecule has 0 radical (unpaired) electrons. The van der Waals surface area contributed by atoms with Crippen LogP contribution in [0.4, 0.5) is 5.69 Å². The molecule has 4 nitrogen and oxygen atoms in total. The number of anilines is 1. The van der Waals surface area contributed by atoms with Gasteiger partial charge < -0.3 is 5.32 Å². The van der Waals surface area contributed by atoms with Crippen LogP contribution in [0.3, 0.4) is 0 Å². The third-order valence-corrected chi connectivity index (χ3v) is 4.33. The second-order valence-corrected chi connectivity index (χ2v) is 6.73. The maximum atomic E-state index is 12.6. The molecule has 3 rings (SSSR count). The molecule has 0 aliphatic heterocycles. The number of carbonyl (C=O) groups excluding carboxylic acids is 1. The van der Waals surface area contributed by atoms with Crippen molar-refractivity contribution in [1.29, 1.82) is 0 Å². The lowest BCUT2D eigenvalue weighted by molar-refractivity contribution is 0.100. The van der Waals surface area contributed by atoms with Crippen molar-refractivity contribution in [2.45, 2.75) is 13.3 Å². The summed E-state index contributed by atoms with van der Waals surface area (Å²) in [5, 5.41) is 7.87. The molecule has 2 N–H and O–H groups in total. The summed E-state index contributed by atoms with van der Waals surface area (Å²) in [6, 6.07) is 26.7. The molecule has 3 aromatic carbocycles. The molecule has 0 aliphatic carbocycles. The van der Waals surface area contributed by atoms with Gasteiger partial charge in [-0.15, -0.1) is 0 Å². The maximum absolute atomic E-state index is 12.6. The van der Waals surface area contributed by atoms with Gasteiger partial charge in [-0.2, -0.15) is 5.10 Å². The Balaban J connectivity index is 1.74. The maximum Gasteiger partial charge on any atom is 0.191 e. The topological polar surface area (TPSA) is 53.5 Å². The number of benzene rings is 3. The smallest absolute Gasteiger partial charge is 0.191 e. The van der Waals surface area contributed by atoms with E-state index in [9.17, 15) is 4.79 Å². The minimum absolute atomic E-state index is 0.00224. The van der Waals surface area contributed by atoms with Crippen LogP contribution >= 0.6 is 12.2 Å². The van der Waals surface area contributed by atoms with E-state index in [1.165, 1.54) is 5.56 Å². The molecule has 0 bridgehead atoms. The van der Waals surface area contributed by atoms with Gasteiger partial charge in [-0.1, -0.05) is 78.4 Å². The van der Waals surface area contributed by atoms with Gasteiger partial charge in [0, 0.05) is 11.3 Å². The number of hydrogen-bond acceptors (Lipinski definition) is 3. The highest BCUT2D eigenvalue weighted by atomic mass is 32.1. The summed E-state index contributed by atoms with van der Waals surface area (Å²) < 4.78 is 0. The number of hydrogen-bond donors (Lipinski definition) is 2. The summed E-state index contributed by atoms with van der Waals surface area (Å²) in [7, 11) is 0. The fourth-order valence-corrected chi connectivity index (χ4v) is 2.79. The van der Waals surface area contributed by atoms with Crippen molar-refractivity contribution in [1.82, 2.24) is 5.43 Å². The summed E-state index contributed by atoms with van der Waals surface area (Å²) in [5.74, 6) is 0.00224. The first kappa shape index (κ1) is 19.5. The van der Waals surface area contributed by atoms with Gasteiger partial charge in [0.15, 0.2) is 10.9 Å². The van der Waals surface area contributed by atoms with E-state index in [0.717, 1.165) is 11.3 Å². The Hall–Kier alpha value is -3.31. The zero-order chi connectivity index (χ0) is 19.8. The Bertz CT molecular complexity index is 968. The number of aryl methyl sites for hydroxylation is 1. The molecule has 140 valence electrons. The highest BCUT2D eigenvalue weighted by Gasteiger charge is 2.12. The predicted octanol–water partition coefficient (Wildman–Crippen LogP) is 4.96. The molecule has 0 saturated heterocycles. The van der Waals surface area contributed by atoms with Crippen LogP contribution in [0.25, 0.3) is 0 Å². The summed E-state index contributed by atoms with van der Waals surface area (Å²) in [6.07, 6.45) is 0.175. The van der Waals surface area contributed by atoms with Gasteiger partial charge in [-0.25, -0.2) is 0 Å². The zero-order valence-corrected chi connectivity index (χ0v) is 16.4. The molecule has 5 heteroatoms. The number of carbonyl (C=O) groups is 1.